The van der Waals surface area contributed by atoms with Crippen LogP contribution in [0.1, 0.15) is 6.92 Å². The van der Waals surface area contributed by atoms with E-state index >= 15 is 0 Å². The lowest BCUT2D eigenvalue weighted by Gasteiger charge is -2.10. The van der Waals surface area contributed by atoms with Crippen LogP contribution in [-0.2, 0) is 0 Å². The van der Waals surface area contributed by atoms with Crippen LogP contribution in [0, 0.1) is 0 Å². The summed E-state index contributed by atoms with van der Waals surface area (Å²) in [4.78, 5) is 3.36. The normalized spacial score (nSPS) is 11.4. The van der Waals surface area contributed by atoms with Gasteiger partial charge in [-0.15, -0.1) is 0 Å². The summed E-state index contributed by atoms with van der Waals surface area (Å²) in [7, 11) is 4.10. The van der Waals surface area contributed by atoms with Gasteiger partial charge in [-0.3, -0.25) is 0 Å². The second-order valence-electron chi connectivity index (χ2n) is 4.55. The first-order chi connectivity index (χ1) is 9.16. The molecule has 0 bridgehead atoms. The van der Waals surface area contributed by atoms with Crippen molar-refractivity contribution in [2.75, 3.05) is 19.0 Å². The molecule has 0 aliphatic carbocycles. The Labute approximate surface area is 119 Å². The maximum absolute atomic E-state index is 2.17. The van der Waals surface area contributed by atoms with Crippen molar-refractivity contribution >= 4 is 23.1 Å². The highest BCUT2D eigenvalue weighted by atomic mass is 32.2. The number of thioether (sulfide) groups is 1. The maximum Gasteiger partial charge on any atom is 0.190 e. The summed E-state index contributed by atoms with van der Waals surface area (Å²) in [6, 6.07) is 14.6. The summed E-state index contributed by atoms with van der Waals surface area (Å²) < 4.78 is 2.13. The van der Waals surface area contributed by atoms with Crippen LogP contribution in [0.2, 0.25) is 0 Å². The van der Waals surface area contributed by atoms with Crippen LogP contribution in [-0.4, -0.2) is 14.1 Å². The molecule has 1 aromatic heterocycles. The van der Waals surface area contributed by atoms with Crippen LogP contribution in [0.25, 0.3) is 5.70 Å². The van der Waals surface area contributed by atoms with E-state index < -0.39 is 0 Å². The molecule has 0 atom stereocenters. The fourth-order valence-corrected chi connectivity index (χ4v) is 2.41. The van der Waals surface area contributed by atoms with Crippen molar-refractivity contribution in [2.24, 2.45) is 0 Å². The molecule has 0 unspecified atom stereocenters. The second kappa shape index (κ2) is 6.43. The number of pyridine rings is 1. The van der Waals surface area contributed by atoms with Gasteiger partial charge < -0.3 is 4.90 Å². The lowest BCUT2D eigenvalue weighted by Crippen LogP contribution is -2.29. The number of benzene rings is 1. The third-order valence-corrected chi connectivity index (χ3v) is 3.85. The molecule has 1 heterocycles. The van der Waals surface area contributed by atoms with E-state index in [9.17, 15) is 0 Å². The summed E-state index contributed by atoms with van der Waals surface area (Å²) in [6.45, 7) is 2.12. The molecule has 0 aliphatic rings. The lowest BCUT2D eigenvalue weighted by atomic mass is 10.3. The molecule has 0 fully saturated rings. The number of allylic oxidation sites excluding steroid dienone is 1. The van der Waals surface area contributed by atoms with Gasteiger partial charge in [0.15, 0.2) is 18.1 Å². The van der Waals surface area contributed by atoms with Gasteiger partial charge in [-0.05, 0) is 12.1 Å². The molecule has 2 nitrogen and oxygen atoms in total. The fourth-order valence-electron chi connectivity index (χ4n) is 1.67. The van der Waals surface area contributed by atoms with Crippen molar-refractivity contribution < 1.29 is 4.57 Å². The van der Waals surface area contributed by atoms with Crippen LogP contribution in [0.4, 0.5) is 5.69 Å². The SMILES string of the molecule is CC(=CSc1ccccc1)[n+]1ccc(N(C)C)cc1. The van der Waals surface area contributed by atoms with Crippen LogP contribution in [0.3, 0.4) is 0 Å². The van der Waals surface area contributed by atoms with E-state index in [0.29, 0.717) is 0 Å². The molecule has 0 amide bonds. The van der Waals surface area contributed by atoms with Crippen LogP contribution in [0.15, 0.2) is 65.2 Å². The largest absolute Gasteiger partial charge is 0.377 e. The first kappa shape index (κ1) is 13.7. The highest BCUT2D eigenvalue weighted by Crippen LogP contribution is 2.19. The maximum atomic E-state index is 2.17. The van der Waals surface area contributed by atoms with Crippen LogP contribution >= 0.6 is 11.8 Å². The van der Waals surface area contributed by atoms with E-state index in [4.69, 9.17) is 0 Å². The Hall–Kier alpha value is -1.74. The van der Waals surface area contributed by atoms with Gasteiger partial charge in [0.1, 0.15) is 0 Å². The smallest absolute Gasteiger partial charge is 0.190 e. The molecule has 2 aromatic rings. The summed E-state index contributed by atoms with van der Waals surface area (Å²) >= 11 is 1.74. The predicted octanol–water partition coefficient (Wildman–Crippen LogP) is 3.65. The Kier molecular flexibility index (Phi) is 4.63. The summed E-state index contributed by atoms with van der Waals surface area (Å²) in [6.07, 6.45) is 4.18. The van der Waals surface area contributed by atoms with Crippen molar-refractivity contribution in [3.05, 3.63) is 60.3 Å². The van der Waals surface area contributed by atoms with Gasteiger partial charge in [-0.25, -0.2) is 0 Å². The lowest BCUT2D eigenvalue weighted by molar-refractivity contribution is -0.581. The minimum Gasteiger partial charge on any atom is -0.377 e. The molecule has 0 saturated heterocycles. The molecule has 3 heteroatoms. The second-order valence-corrected chi connectivity index (χ2v) is 5.49. The standard InChI is InChI=1S/C16H19N2S/c1-14(13-19-16-7-5-4-6-8-16)18-11-9-15(10-12-18)17(2)3/h4-13H,1-3H3/q+1. The van der Waals surface area contributed by atoms with E-state index in [1.165, 1.54) is 16.3 Å². The zero-order valence-electron chi connectivity index (χ0n) is 11.6. The molecule has 2 rings (SSSR count). The monoisotopic (exact) mass is 271 g/mol. The Morgan fingerprint density at radius 2 is 1.68 bits per heavy atom. The quantitative estimate of drug-likeness (QED) is 0.619. The molecular formula is C16H19N2S+. The molecule has 98 valence electrons. The predicted molar refractivity (Wildman–Crippen MR) is 83.2 cm³/mol. The molecule has 0 aliphatic heterocycles. The zero-order valence-corrected chi connectivity index (χ0v) is 12.4. The molecule has 1 aromatic carbocycles. The molecule has 0 spiro atoms. The van der Waals surface area contributed by atoms with Gasteiger partial charge in [0.2, 0.25) is 0 Å². The molecule has 0 saturated carbocycles. The van der Waals surface area contributed by atoms with Crippen molar-refractivity contribution in [3.8, 4) is 0 Å². The topological polar surface area (TPSA) is 7.12 Å². The Balaban J connectivity index is 2.08. The summed E-state index contributed by atoms with van der Waals surface area (Å²) in [5.74, 6) is 0. The number of aromatic nitrogens is 1. The summed E-state index contributed by atoms with van der Waals surface area (Å²) in [5.41, 5.74) is 2.42. The third-order valence-electron chi connectivity index (χ3n) is 2.84. The molecule has 0 radical (unpaired) electrons. The Morgan fingerprint density at radius 3 is 2.26 bits per heavy atom. The minimum absolute atomic E-state index is 1.21. The third kappa shape index (κ3) is 3.86. The van der Waals surface area contributed by atoms with Crippen molar-refractivity contribution in [3.63, 3.8) is 0 Å². The van der Waals surface area contributed by atoms with Crippen molar-refractivity contribution in [2.45, 2.75) is 11.8 Å². The zero-order chi connectivity index (χ0) is 13.7. The van der Waals surface area contributed by atoms with Gasteiger partial charge in [0.05, 0.1) is 0 Å². The van der Waals surface area contributed by atoms with Gasteiger partial charge in [0, 0.05) is 49.1 Å². The first-order valence-electron chi connectivity index (χ1n) is 6.24. The molecule has 19 heavy (non-hydrogen) atoms. The number of hydrogen-bond acceptors (Lipinski definition) is 2. The Bertz CT molecular complexity index is 545. The van der Waals surface area contributed by atoms with Gasteiger partial charge in [-0.1, -0.05) is 30.0 Å². The van der Waals surface area contributed by atoms with E-state index in [1.807, 2.05) is 20.2 Å². The average Bonchev–Trinajstić information content (AvgIpc) is 2.46. The van der Waals surface area contributed by atoms with Crippen LogP contribution < -0.4 is 9.47 Å². The summed E-state index contributed by atoms with van der Waals surface area (Å²) in [5, 5.41) is 2.17. The molecule has 0 N–H and O–H groups in total. The van der Waals surface area contributed by atoms with Gasteiger partial charge in [0.25, 0.3) is 0 Å². The van der Waals surface area contributed by atoms with E-state index in [1.54, 1.807) is 11.8 Å². The minimum atomic E-state index is 1.21. The van der Waals surface area contributed by atoms with Gasteiger partial charge >= 0.3 is 0 Å². The van der Waals surface area contributed by atoms with Crippen molar-refractivity contribution in [1.82, 2.24) is 0 Å². The Morgan fingerprint density at radius 1 is 1.05 bits per heavy atom. The number of rotatable bonds is 4. The average molecular weight is 271 g/mol. The van der Waals surface area contributed by atoms with Crippen molar-refractivity contribution in [1.29, 1.82) is 0 Å². The van der Waals surface area contributed by atoms with E-state index in [2.05, 4.69) is 70.6 Å². The number of hydrogen-bond donors (Lipinski definition) is 0. The van der Waals surface area contributed by atoms with Crippen LogP contribution in [0.5, 0.6) is 0 Å². The molecular weight excluding hydrogens is 252 g/mol. The van der Waals surface area contributed by atoms with E-state index in [-0.39, 0.29) is 0 Å². The highest BCUT2D eigenvalue weighted by molar-refractivity contribution is 8.02. The van der Waals surface area contributed by atoms with Gasteiger partial charge in [-0.2, -0.15) is 4.57 Å². The van der Waals surface area contributed by atoms with E-state index in [0.717, 1.165) is 0 Å². The highest BCUT2D eigenvalue weighted by Gasteiger charge is 2.05. The first-order valence-corrected chi connectivity index (χ1v) is 7.12. The number of nitrogens with zero attached hydrogens (tertiary/aromatic N) is 2. The number of anilines is 1. The fraction of sp³-hybridized carbons (Fsp3) is 0.188.